The van der Waals surface area contributed by atoms with Gasteiger partial charge in [-0.05, 0) is 43.4 Å². The van der Waals surface area contributed by atoms with Crippen molar-refractivity contribution in [3.8, 4) is 0 Å². The highest BCUT2D eigenvalue weighted by Crippen LogP contribution is 2.23. The molecule has 6 heteroatoms. The quantitative estimate of drug-likeness (QED) is 0.544. The van der Waals surface area contributed by atoms with E-state index in [1.807, 2.05) is 18.2 Å². The van der Waals surface area contributed by atoms with Gasteiger partial charge in [0.25, 0.3) is 5.91 Å². The summed E-state index contributed by atoms with van der Waals surface area (Å²) in [6, 6.07) is 5.60. The molecule has 136 valence electrons. The summed E-state index contributed by atoms with van der Waals surface area (Å²) in [7, 11) is 1.54. The number of carbonyl (C=O) groups is 3. The molecule has 0 saturated carbocycles. The first kappa shape index (κ1) is 19.1. The van der Waals surface area contributed by atoms with E-state index in [1.165, 1.54) is 11.1 Å². The number of ether oxygens (including phenoxy) is 2. The van der Waals surface area contributed by atoms with E-state index in [-0.39, 0.29) is 37.2 Å². The van der Waals surface area contributed by atoms with E-state index in [0.29, 0.717) is 12.2 Å². The lowest BCUT2D eigenvalue weighted by molar-refractivity contribution is -0.148. The van der Waals surface area contributed by atoms with E-state index in [1.54, 1.807) is 14.0 Å². The molecule has 0 saturated heterocycles. The van der Waals surface area contributed by atoms with Gasteiger partial charge in [-0.1, -0.05) is 12.1 Å². The van der Waals surface area contributed by atoms with E-state index < -0.39 is 5.97 Å². The van der Waals surface area contributed by atoms with Gasteiger partial charge in [0.15, 0.2) is 12.4 Å². The second-order valence-corrected chi connectivity index (χ2v) is 6.34. The summed E-state index contributed by atoms with van der Waals surface area (Å²) >= 11 is 0. The number of amides is 1. The lowest BCUT2D eigenvalue weighted by atomic mass is 10.0. The van der Waals surface area contributed by atoms with E-state index in [2.05, 4.69) is 5.32 Å². The number of hydrogen-bond acceptors (Lipinski definition) is 5. The van der Waals surface area contributed by atoms with Gasteiger partial charge < -0.3 is 14.8 Å². The van der Waals surface area contributed by atoms with Crippen LogP contribution in [0.2, 0.25) is 0 Å². The Morgan fingerprint density at radius 3 is 2.68 bits per heavy atom. The van der Waals surface area contributed by atoms with Gasteiger partial charge in [0, 0.05) is 25.1 Å². The Morgan fingerprint density at radius 2 is 1.92 bits per heavy atom. The predicted octanol–water partition coefficient (Wildman–Crippen LogP) is 1.83. The molecule has 2 rings (SSSR count). The molecule has 0 bridgehead atoms. The molecule has 0 aromatic heterocycles. The maximum atomic E-state index is 12.2. The molecule has 0 fully saturated rings. The summed E-state index contributed by atoms with van der Waals surface area (Å²) in [4.78, 5) is 35.5. The summed E-state index contributed by atoms with van der Waals surface area (Å²) in [6.45, 7) is 1.83. The number of aryl methyl sites for hydroxylation is 2. The molecule has 1 atom stereocenters. The number of Topliss-reactive ketones (excluding diaryl/α,β-unsaturated/α-hetero) is 1. The van der Waals surface area contributed by atoms with E-state index in [9.17, 15) is 14.4 Å². The third kappa shape index (κ3) is 5.98. The Hall–Kier alpha value is -2.21. The second kappa shape index (κ2) is 9.32. The van der Waals surface area contributed by atoms with Crippen LogP contribution in [-0.2, 0) is 31.9 Å². The van der Waals surface area contributed by atoms with E-state index in [0.717, 1.165) is 19.3 Å². The van der Waals surface area contributed by atoms with Gasteiger partial charge in [-0.2, -0.15) is 0 Å². The Morgan fingerprint density at radius 1 is 1.16 bits per heavy atom. The van der Waals surface area contributed by atoms with Crippen LogP contribution in [-0.4, -0.2) is 44.0 Å². The summed E-state index contributed by atoms with van der Waals surface area (Å²) in [5.41, 5.74) is 3.18. The minimum Gasteiger partial charge on any atom is -0.456 e. The first-order valence-electron chi connectivity index (χ1n) is 8.58. The number of ketones is 1. The molecule has 1 unspecified atom stereocenters. The Balaban J connectivity index is 1.71. The number of esters is 1. The van der Waals surface area contributed by atoms with Gasteiger partial charge in [-0.15, -0.1) is 0 Å². The molecule has 6 nitrogen and oxygen atoms in total. The maximum absolute atomic E-state index is 12.2. The molecule has 1 aromatic rings. The third-order valence-corrected chi connectivity index (χ3v) is 4.16. The zero-order chi connectivity index (χ0) is 18.2. The molecule has 1 N–H and O–H groups in total. The molecular weight excluding hydrogens is 322 g/mol. The normalized spacial score (nSPS) is 13.8. The van der Waals surface area contributed by atoms with Crippen LogP contribution in [0.5, 0.6) is 0 Å². The molecule has 1 amide bonds. The molecule has 25 heavy (non-hydrogen) atoms. The maximum Gasteiger partial charge on any atom is 0.306 e. The van der Waals surface area contributed by atoms with Gasteiger partial charge in [0.2, 0.25) is 0 Å². The van der Waals surface area contributed by atoms with Gasteiger partial charge in [-0.25, -0.2) is 0 Å². The zero-order valence-corrected chi connectivity index (χ0v) is 14.8. The van der Waals surface area contributed by atoms with Crippen molar-refractivity contribution in [1.29, 1.82) is 0 Å². The molecule has 1 aromatic carbocycles. The van der Waals surface area contributed by atoms with Gasteiger partial charge in [0.1, 0.15) is 0 Å². The average molecular weight is 347 g/mol. The van der Waals surface area contributed by atoms with Gasteiger partial charge >= 0.3 is 5.97 Å². The fourth-order valence-corrected chi connectivity index (χ4v) is 2.93. The number of fused-ring (bicyclic) bond motifs is 1. The fraction of sp³-hybridized carbons (Fsp3) is 0.526. The number of methoxy groups -OCH3 is 1. The smallest absolute Gasteiger partial charge is 0.306 e. The second-order valence-electron chi connectivity index (χ2n) is 6.34. The highest BCUT2D eigenvalue weighted by atomic mass is 16.5. The Kier molecular flexibility index (Phi) is 7.13. The van der Waals surface area contributed by atoms with Crippen molar-refractivity contribution in [2.24, 2.45) is 0 Å². The SMILES string of the molecule is COCC(C)NC(=O)COC(=O)CCC(=O)c1ccc2c(c1)CCC2. The van der Waals surface area contributed by atoms with Crippen molar-refractivity contribution >= 4 is 17.7 Å². The minimum absolute atomic E-state index is 0.0309. The van der Waals surface area contributed by atoms with Crippen LogP contribution >= 0.6 is 0 Å². The highest BCUT2D eigenvalue weighted by molar-refractivity contribution is 5.97. The zero-order valence-electron chi connectivity index (χ0n) is 14.8. The van der Waals surface area contributed by atoms with Crippen molar-refractivity contribution in [2.45, 2.75) is 45.1 Å². The number of hydrogen-bond donors (Lipinski definition) is 1. The van der Waals surface area contributed by atoms with Crippen molar-refractivity contribution in [3.05, 3.63) is 34.9 Å². The summed E-state index contributed by atoms with van der Waals surface area (Å²) in [6.07, 6.45) is 3.26. The molecule has 0 spiro atoms. The summed E-state index contributed by atoms with van der Waals surface area (Å²) < 4.78 is 9.80. The van der Waals surface area contributed by atoms with Crippen molar-refractivity contribution in [1.82, 2.24) is 5.32 Å². The fourth-order valence-electron chi connectivity index (χ4n) is 2.93. The predicted molar refractivity (Wildman–Crippen MR) is 92.5 cm³/mol. The number of rotatable bonds is 9. The number of benzene rings is 1. The van der Waals surface area contributed by atoms with Crippen LogP contribution in [0.25, 0.3) is 0 Å². The van der Waals surface area contributed by atoms with Gasteiger partial charge in [0.05, 0.1) is 13.0 Å². The first-order valence-corrected chi connectivity index (χ1v) is 8.58. The largest absolute Gasteiger partial charge is 0.456 e. The van der Waals surface area contributed by atoms with Crippen molar-refractivity contribution in [3.63, 3.8) is 0 Å². The number of carbonyl (C=O) groups excluding carboxylic acids is 3. The molecule has 0 heterocycles. The van der Waals surface area contributed by atoms with Crippen LogP contribution in [0.15, 0.2) is 18.2 Å². The van der Waals surface area contributed by atoms with Crippen LogP contribution < -0.4 is 5.32 Å². The molecule has 0 radical (unpaired) electrons. The average Bonchev–Trinajstić information content (AvgIpc) is 3.05. The van der Waals surface area contributed by atoms with E-state index >= 15 is 0 Å². The number of nitrogens with one attached hydrogen (secondary N) is 1. The molecular formula is C19H25NO5. The summed E-state index contributed by atoms with van der Waals surface area (Å²) in [5.74, 6) is -1.02. The molecule has 1 aliphatic rings. The van der Waals surface area contributed by atoms with Gasteiger partial charge in [-0.3, -0.25) is 14.4 Å². The molecule has 1 aliphatic carbocycles. The Labute approximate surface area is 147 Å². The van der Waals surface area contributed by atoms with Crippen LogP contribution in [0.3, 0.4) is 0 Å². The third-order valence-electron chi connectivity index (χ3n) is 4.16. The van der Waals surface area contributed by atoms with Crippen molar-refractivity contribution in [2.75, 3.05) is 20.3 Å². The summed E-state index contributed by atoms with van der Waals surface area (Å²) in [5, 5.41) is 2.64. The molecule has 0 aliphatic heterocycles. The lowest BCUT2D eigenvalue weighted by Gasteiger charge is -2.12. The van der Waals surface area contributed by atoms with Crippen LogP contribution in [0, 0.1) is 0 Å². The lowest BCUT2D eigenvalue weighted by Crippen LogP contribution is -2.38. The minimum atomic E-state index is -0.552. The van der Waals surface area contributed by atoms with Crippen molar-refractivity contribution < 1.29 is 23.9 Å². The highest BCUT2D eigenvalue weighted by Gasteiger charge is 2.16. The van der Waals surface area contributed by atoms with Crippen LogP contribution in [0.4, 0.5) is 0 Å². The van der Waals surface area contributed by atoms with Crippen LogP contribution in [0.1, 0.15) is 47.7 Å². The monoisotopic (exact) mass is 347 g/mol. The standard InChI is InChI=1S/C19H25NO5/c1-13(11-24-2)20-18(22)12-25-19(23)9-8-17(21)16-7-6-14-4-3-5-15(14)10-16/h6-7,10,13H,3-5,8-9,11-12H2,1-2H3,(H,20,22). The Bertz CT molecular complexity index is 641. The topological polar surface area (TPSA) is 81.7 Å². The van der Waals surface area contributed by atoms with E-state index in [4.69, 9.17) is 9.47 Å². The first-order chi connectivity index (χ1) is 12.0.